The van der Waals surface area contributed by atoms with Gasteiger partial charge in [-0.3, -0.25) is 38.4 Å². The second kappa shape index (κ2) is 35.2. The minimum Gasteiger partial charge on any atom is -0.481 e. The molecule has 392 valence electrons. The molecule has 0 rings (SSSR count). The number of amides is 7. The molecule has 68 heavy (non-hydrogen) atoms. The van der Waals surface area contributed by atoms with E-state index in [0.717, 1.165) is 0 Å². The van der Waals surface area contributed by atoms with Crippen LogP contribution in [-0.4, -0.2) is 149 Å². The molecule has 0 fully saturated rings. The molecule has 0 aromatic carbocycles. The zero-order valence-corrected chi connectivity index (χ0v) is 40.7. The van der Waals surface area contributed by atoms with Crippen molar-refractivity contribution < 1.29 is 58.5 Å². The summed E-state index contributed by atoms with van der Waals surface area (Å²) < 4.78 is 0. The number of rotatable bonds is 38. The summed E-state index contributed by atoms with van der Waals surface area (Å²) >= 11 is 0. The van der Waals surface area contributed by atoms with Crippen molar-refractivity contribution in [2.24, 2.45) is 40.5 Å². The lowest BCUT2D eigenvalue weighted by molar-refractivity contribution is -0.144. The van der Waals surface area contributed by atoms with Crippen LogP contribution in [0.3, 0.4) is 0 Å². The number of hydrogen-bond donors (Lipinski definition) is 15. The first-order valence-corrected chi connectivity index (χ1v) is 23.9. The molecule has 10 atom stereocenters. The van der Waals surface area contributed by atoms with Crippen molar-refractivity contribution in [1.29, 1.82) is 0 Å². The Bertz CT molecular complexity index is 1590. The molecule has 0 aromatic heterocycles. The van der Waals surface area contributed by atoms with Gasteiger partial charge in [-0.05, 0) is 128 Å². The van der Waals surface area contributed by atoms with Gasteiger partial charge in [0.05, 0.1) is 12.1 Å². The van der Waals surface area contributed by atoms with Gasteiger partial charge in [0, 0.05) is 6.42 Å². The van der Waals surface area contributed by atoms with Gasteiger partial charge in [-0.1, -0.05) is 34.1 Å². The zero-order chi connectivity index (χ0) is 51.9. The van der Waals surface area contributed by atoms with Crippen molar-refractivity contribution in [2.75, 3.05) is 26.2 Å². The Balaban J connectivity index is 6.68. The Morgan fingerprint density at radius 2 is 0.765 bits per heavy atom. The van der Waals surface area contributed by atoms with Crippen molar-refractivity contribution >= 4 is 53.3 Å². The Labute approximate surface area is 400 Å². The molecule has 0 unspecified atom stereocenters. The Morgan fingerprint density at radius 1 is 0.441 bits per heavy atom. The Hall–Kier alpha value is -5.01. The number of carboxylic acid groups (broad SMARTS) is 2. The predicted molar refractivity (Wildman–Crippen MR) is 254 cm³/mol. The van der Waals surface area contributed by atoms with Gasteiger partial charge in [0.15, 0.2) is 0 Å². The first-order valence-electron chi connectivity index (χ1n) is 23.9. The molecule has 24 heteroatoms. The van der Waals surface area contributed by atoms with Crippen LogP contribution in [0, 0.1) is 11.8 Å². The second-order valence-electron chi connectivity index (χ2n) is 17.6. The lowest BCUT2D eigenvalue weighted by Gasteiger charge is -2.30. The summed E-state index contributed by atoms with van der Waals surface area (Å²) in [5, 5.41) is 47.3. The van der Waals surface area contributed by atoms with Crippen LogP contribution in [0.2, 0.25) is 0 Å². The third kappa shape index (κ3) is 24.8. The van der Waals surface area contributed by atoms with Crippen molar-refractivity contribution in [3.05, 3.63) is 0 Å². The maximum absolute atomic E-state index is 14.2. The van der Waals surface area contributed by atoms with Gasteiger partial charge in [-0.2, -0.15) is 0 Å². The molecule has 0 radical (unpaired) electrons. The summed E-state index contributed by atoms with van der Waals surface area (Å²) in [5.41, 5.74) is 28.8. The second-order valence-corrected chi connectivity index (χ2v) is 17.6. The number of hydrogen-bond acceptors (Lipinski definition) is 15. The number of nitrogens with two attached hydrogens (primary N) is 5. The van der Waals surface area contributed by atoms with Gasteiger partial charge in [-0.15, -0.1) is 0 Å². The number of aliphatic hydroxyl groups excluding tert-OH is 1. The first-order chi connectivity index (χ1) is 32.1. The van der Waals surface area contributed by atoms with Gasteiger partial charge in [0.2, 0.25) is 41.4 Å². The van der Waals surface area contributed by atoms with Crippen molar-refractivity contribution in [1.82, 2.24) is 37.2 Å². The van der Waals surface area contributed by atoms with E-state index in [-0.39, 0.29) is 58.2 Å². The number of aliphatic hydroxyl groups is 1. The molecule has 24 nitrogen and oxygen atoms in total. The highest BCUT2D eigenvalue weighted by molar-refractivity contribution is 5.97. The molecule has 7 amide bonds. The van der Waals surface area contributed by atoms with Gasteiger partial charge in [-0.25, -0.2) is 4.79 Å². The third-order valence-electron chi connectivity index (χ3n) is 11.4. The molecule has 0 bridgehead atoms. The summed E-state index contributed by atoms with van der Waals surface area (Å²) in [6.07, 6.45) is 2.18. The summed E-state index contributed by atoms with van der Waals surface area (Å²) in [4.78, 5) is 119. The Morgan fingerprint density at radius 3 is 1.07 bits per heavy atom. The molecule has 20 N–H and O–H groups in total. The molecule has 0 saturated heterocycles. The molecular formula is C44H84N12O12. The van der Waals surface area contributed by atoms with E-state index in [4.69, 9.17) is 33.8 Å². The van der Waals surface area contributed by atoms with Crippen molar-refractivity contribution in [3.8, 4) is 0 Å². The van der Waals surface area contributed by atoms with E-state index in [1.54, 1.807) is 27.7 Å². The highest BCUT2D eigenvalue weighted by Gasteiger charge is 2.37. The molecule has 0 aromatic rings. The first kappa shape index (κ1) is 63.0. The van der Waals surface area contributed by atoms with E-state index in [2.05, 4.69) is 37.2 Å². The number of nitrogens with one attached hydrogen (secondary N) is 7. The highest BCUT2D eigenvalue weighted by atomic mass is 16.4. The zero-order valence-electron chi connectivity index (χ0n) is 40.7. The number of carbonyl (C=O) groups excluding carboxylic acids is 7. The molecule has 0 spiro atoms. The van der Waals surface area contributed by atoms with Crippen LogP contribution < -0.4 is 65.9 Å². The lowest BCUT2D eigenvalue weighted by Crippen LogP contribution is -2.62. The summed E-state index contributed by atoms with van der Waals surface area (Å²) in [7, 11) is 0. The standard InChI is InChI=1S/C44H84N12O12/c1-6-26(4)35(42(65)56-36(27(5)57)43(66)54-34(25(2)3)44(67)68)55-41(64)32(18-10-14-24-48)53-40(63)31(17-9-13-23-47)52-39(62)30(16-8-12-22-46)51-38(61)29(15-7-11-21-45)50-37(60)28(49)19-20-33(58)59/h25-32,34-36,57H,6-24,45-49H2,1-5H3,(H,50,60)(H,51,61)(H,52,62)(H,53,63)(H,54,66)(H,55,64)(H,56,65)(H,58,59)(H,67,68)/t26-,27+,28-,29-,30-,31-,32-,34-,35-,36-/m0/s1. The van der Waals surface area contributed by atoms with Gasteiger partial charge in [0.25, 0.3) is 0 Å². The topological polar surface area (TPSA) is 429 Å². The van der Waals surface area contributed by atoms with Crippen LogP contribution in [0.15, 0.2) is 0 Å². The van der Waals surface area contributed by atoms with Gasteiger partial charge in [0.1, 0.15) is 42.3 Å². The molecule has 0 aliphatic carbocycles. The Kier molecular flexibility index (Phi) is 32.6. The normalized spacial score (nSPS) is 15.7. The SMILES string of the molecule is CC[C@H](C)[C@H](NC(=O)[C@H](CCCCN)NC(=O)[C@H](CCCCN)NC(=O)[C@H](CCCCN)NC(=O)[C@H](CCCCN)NC(=O)[C@@H](N)CCC(=O)O)C(=O)N[C@H](C(=O)N[C@H](C(=O)O)C(C)C)[C@@H](C)O. The summed E-state index contributed by atoms with van der Waals surface area (Å²) in [6.45, 7) is 8.95. The maximum atomic E-state index is 14.2. The molecule has 0 aliphatic heterocycles. The minimum absolute atomic E-state index is 0.0621. The van der Waals surface area contributed by atoms with Crippen molar-refractivity contribution in [3.63, 3.8) is 0 Å². The number of unbranched alkanes of at least 4 members (excludes halogenated alkanes) is 4. The summed E-state index contributed by atoms with van der Waals surface area (Å²) in [6, 6.07) is -10.3. The van der Waals surface area contributed by atoms with Crippen LogP contribution >= 0.6 is 0 Å². The van der Waals surface area contributed by atoms with Crippen molar-refractivity contribution in [2.45, 2.75) is 185 Å². The van der Waals surface area contributed by atoms with E-state index < -0.39 is 120 Å². The fraction of sp³-hybridized carbons (Fsp3) is 0.795. The third-order valence-corrected chi connectivity index (χ3v) is 11.4. The van der Waals surface area contributed by atoms with Gasteiger partial charge >= 0.3 is 11.9 Å². The average Bonchev–Trinajstić information content (AvgIpc) is 3.28. The molecular weight excluding hydrogens is 889 g/mol. The molecule has 0 aliphatic rings. The predicted octanol–water partition coefficient (Wildman–Crippen LogP) is -2.74. The van der Waals surface area contributed by atoms with Crippen LogP contribution in [0.1, 0.15) is 131 Å². The highest BCUT2D eigenvalue weighted by Crippen LogP contribution is 2.13. The fourth-order valence-electron chi connectivity index (χ4n) is 6.91. The monoisotopic (exact) mass is 973 g/mol. The maximum Gasteiger partial charge on any atom is 0.326 e. The van der Waals surface area contributed by atoms with E-state index in [0.29, 0.717) is 64.3 Å². The van der Waals surface area contributed by atoms with E-state index in [9.17, 15) is 53.4 Å². The summed E-state index contributed by atoms with van der Waals surface area (Å²) in [5.74, 6) is -9.11. The quantitative estimate of drug-likeness (QED) is 0.0279. The number of aliphatic carboxylic acids is 2. The van der Waals surface area contributed by atoms with Crippen LogP contribution in [0.25, 0.3) is 0 Å². The molecule has 0 heterocycles. The minimum atomic E-state index is -1.59. The van der Waals surface area contributed by atoms with E-state index in [1.165, 1.54) is 6.92 Å². The number of carbonyl (C=O) groups is 9. The van der Waals surface area contributed by atoms with Crippen LogP contribution in [0.5, 0.6) is 0 Å². The van der Waals surface area contributed by atoms with Gasteiger partial charge < -0.3 is 81.2 Å². The largest absolute Gasteiger partial charge is 0.481 e. The average molecular weight is 973 g/mol. The van der Waals surface area contributed by atoms with E-state index >= 15 is 0 Å². The smallest absolute Gasteiger partial charge is 0.326 e. The fourth-order valence-corrected chi connectivity index (χ4v) is 6.91. The lowest BCUT2D eigenvalue weighted by atomic mass is 9.96. The van der Waals surface area contributed by atoms with E-state index in [1.807, 2.05) is 0 Å². The van der Waals surface area contributed by atoms with Crippen LogP contribution in [-0.2, 0) is 43.2 Å². The van der Waals surface area contributed by atoms with Crippen LogP contribution in [0.4, 0.5) is 0 Å². The number of carboxylic acids is 2. The molecule has 0 saturated carbocycles.